The quantitative estimate of drug-likeness (QED) is 0.777. The fourth-order valence-corrected chi connectivity index (χ4v) is 2.27. The lowest BCUT2D eigenvalue weighted by molar-refractivity contribution is 0.251. The molecule has 2 aromatic rings. The van der Waals surface area contributed by atoms with Gasteiger partial charge in [-0.3, -0.25) is 9.36 Å². The van der Waals surface area contributed by atoms with Gasteiger partial charge in [-0.25, -0.2) is 0 Å². The molecule has 0 bridgehead atoms. The highest BCUT2D eigenvalue weighted by Crippen LogP contribution is 2.12. The molecule has 0 atom stereocenters. The number of hydrogen-bond donors (Lipinski definition) is 0. The Balaban J connectivity index is 1.52. The molecule has 1 aliphatic heterocycles. The van der Waals surface area contributed by atoms with Gasteiger partial charge in [0.15, 0.2) is 0 Å². The summed E-state index contributed by atoms with van der Waals surface area (Å²) in [6.45, 7) is 8.18. The molecular weight excluding hydrogens is 268 g/mol. The number of aromatic nitrogens is 6. The van der Waals surface area contributed by atoms with Gasteiger partial charge in [-0.1, -0.05) is 10.4 Å². The lowest BCUT2D eigenvalue weighted by Crippen LogP contribution is -2.25. The van der Waals surface area contributed by atoms with E-state index in [4.69, 9.17) is 0 Å². The van der Waals surface area contributed by atoms with Crippen LogP contribution in [0.25, 0.3) is 0 Å². The van der Waals surface area contributed by atoms with Crippen molar-refractivity contribution in [2.75, 3.05) is 6.67 Å². The van der Waals surface area contributed by atoms with Crippen LogP contribution in [0.1, 0.15) is 25.2 Å². The smallest absolute Gasteiger partial charge is 0.102 e. The molecule has 21 heavy (non-hydrogen) atoms. The van der Waals surface area contributed by atoms with Crippen molar-refractivity contribution in [3.8, 4) is 0 Å². The Morgan fingerprint density at radius 1 is 0.857 bits per heavy atom. The number of aryl methyl sites for hydroxylation is 2. The first kappa shape index (κ1) is 13.6. The van der Waals surface area contributed by atoms with Crippen molar-refractivity contribution in [3.63, 3.8) is 0 Å². The fraction of sp³-hybridized carbons (Fsp3) is 0.538. The van der Waals surface area contributed by atoms with Crippen molar-refractivity contribution in [1.82, 2.24) is 39.8 Å². The highest BCUT2D eigenvalue weighted by atomic mass is 15.4. The molecule has 0 fully saturated rings. The van der Waals surface area contributed by atoms with Crippen molar-refractivity contribution in [2.24, 2.45) is 0 Å². The molecule has 2 aromatic heterocycles. The fourth-order valence-electron chi connectivity index (χ4n) is 2.27. The lowest BCUT2D eigenvalue weighted by atomic mass is 10.4. The van der Waals surface area contributed by atoms with Crippen molar-refractivity contribution < 1.29 is 0 Å². The molecule has 0 spiro atoms. The molecule has 0 aliphatic carbocycles. The molecular formula is C13H20N8. The van der Waals surface area contributed by atoms with Crippen LogP contribution in [0.3, 0.4) is 0 Å². The van der Waals surface area contributed by atoms with E-state index < -0.39 is 0 Å². The van der Waals surface area contributed by atoms with Crippen molar-refractivity contribution in [2.45, 2.75) is 40.0 Å². The first-order chi connectivity index (χ1) is 10.3. The zero-order valence-electron chi connectivity index (χ0n) is 12.4. The Kier molecular flexibility index (Phi) is 3.85. The third-order valence-electron chi connectivity index (χ3n) is 3.40. The average Bonchev–Trinajstić information content (AvgIpc) is 3.21. The second kappa shape index (κ2) is 5.94. The number of nitrogens with zero attached hydrogens (tertiary/aromatic N) is 8. The lowest BCUT2D eigenvalue weighted by Gasteiger charge is -2.19. The monoisotopic (exact) mass is 288 g/mol. The minimum Gasteiger partial charge on any atom is -0.353 e. The summed E-state index contributed by atoms with van der Waals surface area (Å²) in [5.74, 6) is 0. The SMILES string of the molecule is CCn1cc(CN2C=CN(Cc3cn(CC)nn3)C2)nn1. The van der Waals surface area contributed by atoms with Crippen LogP contribution in [0.5, 0.6) is 0 Å². The van der Waals surface area contributed by atoms with Crippen molar-refractivity contribution in [3.05, 3.63) is 36.2 Å². The van der Waals surface area contributed by atoms with E-state index in [1.165, 1.54) is 0 Å². The molecule has 0 radical (unpaired) electrons. The van der Waals surface area contributed by atoms with Gasteiger partial charge in [0.05, 0.1) is 32.2 Å². The van der Waals surface area contributed by atoms with Gasteiger partial charge in [-0.05, 0) is 13.8 Å². The van der Waals surface area contributed by atoms with Gasteiger partial charge in [0.25, 0.3) is 0 Å². The molecule has 1 aliphatic rings. The van der Waals surface area contributed by atoms with Gasteiger partial charge in [-0.2, -0.15) is 0 Å². The van der Waals surface area contributed by atoms with Crippen LogP contribution in [0.4, 0.5) is 0 Å². The van der Waals surface area contributed by atoms with Gasteiger partial charge in [-0.15, -0.1) is 10.2 Å². The van der Waals surface area contributed by atoms with Crippen LogP contribution in [0.2, 0.25) is 0 Å². The van der Waals surface area contributed by atoms with E-state index in [9.17, 15) is 0 Å². The largest absolute Gasteiger partial charge is 0.353 e. The Bertz CT molecular complexity index is 561. The summed E-state index contributed by atoms with van der Waals surface area (Å²) in [6.07, 6.45) is 8.14. The van der Waals surface area contributed by atoms with Gasteiger partial charge < -0.3 is 9.80 Å². The average molecular weight is 288 g/mol. The summed E-state index contributed by atoms with van der Waals surface area (Å²) in [6, 6.07) is 0. The summed E-state index contributed by atoms with van der Waals surface area (Å²) >= 11 is 0. The topological polar surface area (TPSA) is 67.9 Å². The number of hydrogen-bond acceptors (Lipinski definition) is 6. The standard InChI is InChI=1S/C13H20N8/c1-3-20-9-12(14-16-20)7-18-5-6-19(11-18)8-13-10-21(4-2)17-15-13/h5-6,9-10H,3-4,7-8,11H2,1-2H3. The normalized spacial score (nSPS) is 14.4. The van der Waals surface area contributed by atoms with Crippen LogP contribution in [-0.4, -0.2) is 46.5 Å². The first-order valence-electron chi connectivity index (χ1n) is 7.21. The summed E-state index contributed by atoms with van der Waals surface area (Å²) in [5, 5.41) is 16.4. The molecule has 8 nitrogen and oxygen atoms in total. The van der Waals surface area contributed by atoms with Crippen LogP contribution in [0.15, 0.2) is 24.8 Å². The van der Waals surface area contributed by atoms with E-state index in [1.54, 1.807) is 0 Å². The van der Waals surface area contributed by atoms with E-state index in [1.807, 2.05) is 21.8 Å². The summed E-state index contributed by atoms with van der Waals surface area (Å²) in [7, 11) is 0. The van der Waals surface area contributed by atoms with Crippen molar-refractivity contribution in [1.29, 1.82) is 0 Å². The summed E-state index contributed by atoms with van der Waals surface area (Å²) in [4.78, 5) is 4.41. The van der Waals surface area contributed by atoms with Gasteiger partial charge in [0.2, 0.25) is 0 Å². The minimum atomic E-state index is 0.772. The van der Waals surface area contributed by atoms with Crippen LogP contribution < -0.4 is 0 Å². The maximum Gasteiger partial charge on any atom is 0.102 e. The second-order valence-corrected chi connectivity index (χ2v) is 5.06. The maximum absolute atomic E-state index is 4.17. The molecule has 0 aromatic carbocycles. The highest BCUT2D eigenvalue weighted by molar-refractivity contribution is 5.01. The van der Waals surface area contributed by atoms with Gasteiger partial charge in [0, 0.05) is 25.5 Å². The predicted octanol–water partition coefficient (Wildman–Crippen LogP) is 0.656. The molecule has 0 unspecified atom stereocenters. The third kappa shape index (κ3) is 3.21. The molecule has 0 saturated carbocycles. The van der Waals surface area contributed by atoms with E-state index >= 15 is 0 Å². The van der Waals surface area contributed by atoms with E-state index in [-0.39, 0.29) is 0 Å². The second-order valence-electron chi connectivity index (χ2n) is 5.06. The zero-order valence-corrected chi connectivity index (χ0v) is 12.4. The van der Waals surface area contributed by atoms with Gasteiger partial charge >= 0.3 is 0 Å². The third-order valence-corrected chi connectivity index (χ3v) is 3.40. The Labute approximate surface area is 123 Å². The Morgan fingerprint density at radius 2 is 1.33 bits per heavy atom. The highest BCUT2D eigenvalue weighted by Gasteiger charge is 2.15. The first-order valence-corrected chi connectivity index (χ1v) is 7.21. The zero-order chi connectivity index (χ0) is 14.7. The maximum atomic E-state index is 4.17. The molecule has 8 heteroatoms. The molecule has 3 heterocycles. The molecule has 3 rings (SSSR count). The van der Waals surface area contributed by atoms with Gasteiger partial charge in [0.1, 0.15) is 11.4 Å². The number of rotatable bonds is 6. The predicted molar refractivity (Wildman–Crippen MR) is 76.5 cm³/mol. The summed E-state index contributed by atoms with van der Waals surface area (Å²) in [5.41, 5.74) is 1.97. The Morgan fingerprint density at radius 3 is 1.71 bits per heavy atom. The van der Waals surface area contributed by atoms with Crippen molar-refractivity contribution >= 4 is 0 Å². The van der Waals surface area contributed by atoms with E-state index in [0.29, 0.717) is 0 Å². The molecule has 0 amide bonds. The minimum absolute atomic E-state index is 0.772. The summed E-state index contributed by atoms with van der Waals surface area (Å²) < 4.78 is 3.69. The Hall–Kier alpha value is -2.38. The molecule has 0 saturated heterocycles. The van der Waals surface area contributed by atoms with E-state index in [2.05, 4.69) is 56.7 Å². The molecule has 112 valence electrons. The molecule has 0 N–H and O–H groups in total. The van der Waals surface area contributed by atoms with Crippen LogP contribution >= 0.6 is 0 Å². The van der Waals surface area contributed by atoms with E-state index in [0.717, 1.165) is 44.2 Å². The van der Waals surface area contributed by atoms with Crippen LogP contribution in [0, 0.1) is 0 Å². The van der Waals surface area contributed by atoms with Crippen LogP contribution in [-0.2, 0) is 26.2 Å².